The van der Waals surface area contributed by atoms with E-state index in [4.69, 9.17) is 4.74 Å². The van der Waals surface area contributed by atoms with Crippen LogP contribution in [0.2, 0.25) is 0 Å². The van der Waals surface area contributed by atoms with E-state index in [2.05, 4.69) is 30.6 Å². The number of aliphatic imine (C=N–C) groups is 1. The molecule has 0 radical (unpaired) electrons. The van der Waals surface area contributed by atoms with Crippen molar-refractivity contribution in [2.45, 2.75) is 39.8 Å². The maximum atomic E-state index is 12.5. The van der Waals surface area contributed by atoms with Gasteiger partial charge in [0.15, 0.2) is 0 Å². The van der Waals surface area contributed by atoms with E-state index in [-0.39, 0.29) is 12.2 Å². The van der Waals surface area contributed by atoms with Gasteiger partial charge in [0.25, 0.3) is 5.56 Å². The van der Waals surface area contributed by atoms with Crippen LogP contribution in [0.15, 0.2) is 34.2 Å². The third-order valence-corrected chi connectivity index (χ3v) is 4.91. The third-order valence-electron chi connectivity index (χ3n) is 4.91. The molecule has 1 saturated heterocycles. The Morgan fingerprint density at radius 2 is 2.24 bits per heavy atom. The van der Waals surface area contributed by atoms with Gasteiger partial charge in [0.05, 0.1) is 11.1 Å². The predicted molar refractivity (Wildman–Crippen MR) is 115 cm³/mol. The van der Waals surface area contributed by atoms with Crippen molar-refractivity contribution in [3.8, 4) is 0 Å². The molecule has 0 aliphatic carbocycles. The Bertz CT molecular complexity index is 915. The predicted octanol–water partition coefficient (Wildman–Crippen LogP) is 1.92. The number of allylic oxidation sites excluding steroid dienone is 1. The van der Waals surface area contributed by atoms with Crippen molar-refractivity contribution in [3.63, 3.8) is 0 Å². The van der Waals surface area contributed by atoms with Gasteiger partial charge in [-0.3, -0.25) is 14.8 Å². The summed E-state index contributed by atoms with van der Waals surface area (Å²) in [6, 6.07) is 1.70. The number of H-pyrrole nitrogens is 1. The summed E-state index contributed by atoms with van der Waals surface area (Å²) in [5.41, 5.74) is 1.21. The van der Waals surface area contributed by atoms with Crippen molar-refractivity contribution in [1.82, 2.24) is 25.6 Å². The highest BCUT2D eigenvalue weighted by atomic mass is 16.5. The van der Waals surface area contributed by atoms with Crippen LogP contribution in [-0.2, 0) is 17.9 Å². The molecule has 29 heavy (non-hydrogen) atoms. The van der Waals surface area contributed by atoms with Crippen molar-refractivity contribution < 1.29 is 4.74 Å². The Morgan fingerprint density at radius 3 is 3.00 bits per heavy atom. The Hall–Kier alpha value is -2.58. The highest BCUT2D eigenvalue weighted by Gasteiger charge is 2.14. The molecule has 3 N–H and O–H groups in total. The number of piperidine rings is 1. The molecule has 1 aliphatic heterocycles. The summed E-state index contributed by atoms with van der Waals surface area (Å²) in [7, 11) is 0. The summed E-state index contributed by atoms with van der Waals surface area (Å²) < 4.78 is 5.70. The molecule has 2 aromatic rings. The van der Waals surface area contributed by atoms with E-state index in [1.54, 1.807) is 18.3 Å². The summed E-state index contributed by atoms with van der Waals surface area (Å²) >= 11 is 0. The standard InChI is InChI=1S/C21H30N6O2/c1-3-5-19(24-4-2)29-14-18-26-20-16(21(28)27-18)8-11-25-17(20)13-23-12-15-6-9-22-10-7-15/h3,5,8,11,15,22-23H,4,6-7,9-10,12-14H2,1-2H3,(H,26,27,28)/b5-3-,24-19?. The molecular weight excluding hydrogens is 368 g/mol. The fourth-order valence-electron chi connectivity index (χ4n) is 3.43. The molecular formula is C21H30N6O2. The topological polar surface area (TPSA) is 104 Å². The molecule has 0 atom stereocenters. The van der Waals surface area contributed by atoms with Gasteiger partial charge in [0, 0.05) is 19.3 Å². The van der Waals surface area contributed by atoms with E-state index in [9.17, 15) is 4.79 Å². The molecule has 2 aromatic heterocycles. The highest BCUT2D eigenvalue weighted by molar-refractivity contribution is 5.87. The number of pyridine rings is 1. The van der Waals surface area contributed by atoms with Gasteiger partial charge in [0.1, 0.15) is 17.9 Å². The summed E-state index contributed by atoms with van der Waals surface area (Å²) in [5, 5.41) is 7.41. The summed E-state index contributed by atoms with van der Waals surface area (Å²) in [4.78, 5) is 28.7. The van der Waals surface area contributed by atoms with Gasteiger partial charge in [-0.05, 0) is 64.4 Å². The van der Waals surface area contributed by atoms with Gasteiger partial charge in [-0.1, -0.05) is 6.08 Å². The average molecular weight is 399 g/mol. The number of ether oxygens (including phenoxy) is 1. The van der Waals surface area contributed by atoms with Crippen LogP contribution in [0.3, 0.4) is 0 Å². The molecule has 8 heteroatoms. The first-order chi connectivity index (χ1) is 14.2. The molecule has 0 spiro atoms. The van der Waals surface area contributed by atoms with Crippen LogP contribution < -0.4 is 16.2 Å². The van der Waals surface area contributed by atoms with E-state index < -0.39 is 0 Å². The lowest BCUT2D eigenvalue weighted by Gasteiger charge is -2.22. The zero-order chi connectivity index (χ0) is 20.5. The van der Waals surface area contributed by atoms with Gasteiger partial charge in [-0.15, -0.1) is 0 Å². The van der Waals surface area contributed by atoms with Crippen molar-refractivity contribution in [2.24, 2.45) is 10.9 Å². The Kier molecular flexibility index (Phi) is 7.89. The lowest BCUT2D eigenvalue weighted by Crippen LogP contribution is -2.33. The smallest absolute Gasteiger partial charge is 0.258 e. The zero-order valence-electron chi connectivity index (χ0n) is 17.2. The van der Waals surface area contributed by atoms with Gasteiger partial charge < -0.3 is 20.4 Å². The first-order valence-electron chi connectivity index (χ1n) is 10.3. The number of nitrogens with one attached hydrogen (secondary N) is 3. The molecule has 1 fully saturated rings. The minimum absolute atomic E-state index is 0.144. The molecule has 0 amide bonds. The average Bonchev–Trinajstić information content (AvgIpc) is 2.73. The lowest BCUT2D eigenvalue weighted by molar-refractivity contribution is 0.284. The van der Waals surface area contributed by atoms with E-state index in [0.29, 0.717) is 41.6 Å². The molecule has 3 heterocycles. The maximum Gasteiger partial charge on any atom is 0.258 e. The van der Waals surface area contributed by atoms with E-state index >= 15 is 0 Å². The number of aromatic nitrogens is 3. The molecule has 8 nitrogen and oxygen atoms in total. The van der Waals surface area contributed by atoms with Crippen LogP contribution >= 0.6 is 0 Å². The minimum atomic E-state index is -0.185. The molecule has 0 bridgehead atoms. The van der Waals surface area contributed by atoms with E-state index in [1.807, 2.05) is 19.9 Å². The lowest BCUT2D eigenvalue weighted by atomic mass is 9.98. The molecule has 0 unspecified atom stereocenters. The Morgan fingerprint density at radius 1 is 1.41 bits per heavy atom. The van der Waals surface area contributed by atoms with Gasteiger partial charge in [0.2, 0.25) is 5.90 Å². The SMILES string of the molecule is C/C=C\C(=NCC)OCc1nc2c(CNCC3CCNCC3)nccc2c(=O)[nH]1. The largest absolute Gasteiger partial charge is 0.470 e. The fraction of sp³-hybridized carbons (Fsp3) is 0.524. The fourth-order valence-corrected chi connectivity index (χ4v) is 3.43. The summed E-state index contributed by atoms with van der Waals surface area (Å²) in [6.45, 7) is 8.30. The monoisotopic (exact) mass is 398 g/mol. The quantitative estimate of drug-likeness (QED) is 0.464. The second-order valence-electron chi connectivity index (χ2n) is 7.09. The van der Waals surface area contributed by atoms with Crippen LogP contribution in [0.5, 0.6) is 0 Å². The molecule has 156 valence electrons. The number of fused-ring (bicyclic) bond motifs is 1. The van der Waals surface area contributed by atoms with Crippen molar-refractivity contribution in [2.75, 3.05) is 26.2 Å². The molecule has 0 saturated carbocycles. The van der Waals surface area contributed by atoms with Crippen LogP contribution in [0.4, 0.5) is 0 Å². The number of aromatic amines is 1. The second-order valence-corrected chi connectivity index (χ2v) is 7.09. The number of rotatable bonds is 8. The number of nitrogens with zero attached hydrogens (tertiary/aromatic N) is 3. The normalized spacial score (nSPS) is 16.0. The summed E-state index contributed by atoms with van der Waals surface area (Å²) in [6.07, 6.45) is 7.68. The van der Waals surface area contributed by atoms with Crippen molar-refractivity contribution in [3.05, 3.63) is 46.3 Å². The van der Waals surface area contributed by atoms with Crippen LogP contribution in [0.25, 0.3) is 10.9 Å². The van der Waals surface area contributed by atoms with E-state index in [0.717, 1.165) is 25.3 Å². The zero-order valence-corrected chi connectivity index (χ0v) is 17.2. The number of hydrogen-bond donors (Lipinski definition) is 3. The highest BCUT2D eigenvalue weighted by Crippen LogP contribution is 2.13. The maximum absolute atomic E-state index is 12.5. The Balaban J connectivity index is 1.73. The van der Waals surface area contributed by atoms with Crippen molar-refractivity contribution in [1.29, 1.82) is 0 Å². The van der Waals surface area contributed by atoms with Gasteiger partial charge in [-0.2, -0.15) is 0 Å². The molecule has 0 aromatic carbocycles. The van der Waals surface area contributed by atoms with Crippen molar-refractivity contribution >= 4 is 16.8 Å². The molecule has 1 aliphatic rings. The van der Waals surface area contributed by atoms with Crippen LogP contribution in [-0.4, -0.2) is 47.0 Å². The number of hydrogen-bond acceptors (Lipinski definition) is 7. The van der Waals surface area contributed by atoms with Crippen LogP contribution in [0.1, 0.15) is 38.2 Å². The second kappa shape index (κ2) is 10.8. The first kappa shape index (κ1) is 21.1. The first-order valence-corrected chi connectivity index (χ1v) is 10.3. The molecule has 3 rings (SSSR count). The third kappa shape index (κ3) is 5.95. The summed E-state index contributed by atoms with van der Waals surface area (Å²) in [5.74, 6) is 1.66. The Labute approximate surface area is 170 Å². The van der Waals surface area contributed by atoms with E-state index in [1.165, 1.54) is 12.8 Å². The minimum Gasteiger partial charge on any atom is -0.470 e. The van der Waals surface area contributed by atoms with Gasteiger partial charge in [-0.25, -0.2) is 4.98 Å². The van der Waals surface area contributed by atoms with Crippen LogP contribution in [0, 0.1) is 5.92 Å². The van der Waals surface area contributed by atoms with Gasteiger partial charge >= 0.3 is 0 Å².